The van der Waals surface area contributed by atoms with Crippen LogP contribution in [-0.4, -0.2) is 104 Å². The van der Waals surface area contributed by atoms with E-state index in [0.29, 0.717) is 24.8 Å². The molecule has 0 aliphatic carbocycles. The van der Waals surface area contributed by atoms with Crippen LogP contribution in [0.4, 0.5) is 13.6 Å². The predicted molar refractivity (Wildman–Crippen MR) is 186 cm³/mol. The molecule has 16 heteroatoms. The van der Waals surface area contributed by atoms with Crippen LogP contribution < -0.4 is 14.8 Å². The Bertz CT molecular complexity index is 1880. The summed E-state index contributed by atoms with van der Waals surface area (Å²) in [6.07, 6.45) is -2.51. The number of rotatable bonds is 15. The van der Waals surface area contributed by atoms with Crippen molar-refractivity contribution in [3.05, 3.63) is 89.5 Å². The molecule has 0 bridgehead atoms. The van der Waals surface area contributed by atoms with E-state index in [1.807, 2.05) is 18.2 Å². The number of sulfonamides is 1. The molecule has 13 nitrogen and oxygen atoms in total. The van der Waals surface area contributed by atoms with E-state index in [1.165, 1.54) is 23.1 Å². The third-order valence-corrected chi connectivity index (χ3v) is 11.7. The number of ether oxygens (including phenoxy) is 4. The summed E-state index contributed by atoms with van der Waals surface area (Å²) in [5, 5.41) is 25.4. The Morgan fingerprint density at radius 3 is 2.43 bits per heavy atom. The molecule has 3 aromatic carbocycles. The topological polar surface area (TPSA) is 164 Å². The molecule has 3 heterocycles. The number of aliphatic hydroxyl groups is 1. The van der Waals surface area contributed by atoms with E-state index in [-0.39, 0.29) is 61.5 Å². The van der Waals surface area contributed by atoms with Crippen molar-refractivity contribution in [2.24, 2.45) is 11.3 Å². The van der Waals surface area contributed by atoms with Gasteiger partial charge >= 0.3 is 6.09 Å². The first kappa shape index (κ1) is 38.4. The van der Waals surface area contributed by atoms with Crippen LogP contribution in [0.25, 0.3) is 0 Å². The number of benzene rings is 3. The third kappa shape index (κ3) is 8.90. The largest absolute Gasteiger partial charge is 0.465 e. The Kier molecular flexibility index (Phi) is 11.5. The lowest BCUT2D eigenvalue weighted by atomic mass is 9.89. The molecule has 3 N–H and O–H groups in total. The zero-order valence-electron chi connectivity index (χ0n) is 29.3. The fraction of sp³-hybridized carbons (Fsp3) is 0.459. The van der Waals surface area contributed by atoms with Crippen LogP contribution in [0, 0.1) is 23.0 Å². The minimum Gasteiger partial charge on any atom is -0.465 e. The van der Waals surface area contributed by atoms with Crippen molar-refractivity contribution in [3.8, 4) is 11.5 Å². The summed E-state index contributed by atoms with van der Waals surface area (Å²) < 4.78 is 79.8. The van der Waals surface area contributed by atoms with Gasteiger partial charge in [0.05, 0.1) is 36.3 Å². The molecule has 3 aliphatic heterocycles. The van der Waals surface area contributed by atoms with Gasteiger partial charge in [-0.15, -0.1) is 0 Å². The number of hydrogen-bond donors (Lipinski definition) is 3. The maximum atomic E-state index is 14.5. The van der Waals surface area contributed by atoms with Crippen molar-refractivity contribution in [1.29, 1.82) is 0 Å². The molecule has 0 unspecified atom stereocenters. The van der Waals surface area contributed by atoms with Crippen molar-refractivity contribution in [3.63, 3.8) is 0 Å². The molecular weight excluding hydrogens is 716 g/mol. The smallest absolute Gasteiger partial charge is 0.407 e. The van der Waals surface area contributed by atoms with Crippen LogP contribution in [-0.2, 0) is 25.9 Å². The molecule has 53 heavy (non-hydrogen) atoms. The Labute approximate surface area is 306 Å². The summed E-state index contributed by atoms with van der Waals surface area (Å²) in [4.78, 5) is 26.8. The number of halogens is 2. The summed E-state index contributed by atoms with van der Waals surface area (Å²) in [6, 6.07) is 14.0. The molecule has 5 atom stereocenters. The normalized spacial score (nSPS) is 20.6. The molecule has 0 aromatic heterocycles. The minimum atomic E-state index is -4.37. The maximum Gasteiger partial charge on any atom is 0.407 e. The molecule has 3 aromatic rings. The average Bonchev–Trinajstić information content (AvgIpc) is 3.86. The number of aliphatic hydroxyl groups excluding tert-OH is 1. The molecule has 0 spiro atoms. The molecule has 286 valence electrons. The molecular formula is C37H43F2N3O10S. The van der Waals surface area contributed by atoms with Gasteiger partial charge in [-0.1, -0.05) is 44.2 Å². The number of carboxylic acid groups (broad SMARTS) is 1. The van der Waals surface area contributed by atoms with Crippen molar-refractivity contribution in [2.45, 2.75) is 62.5 Å². The predicted octanol–water partition coefficient (Wildman–Crippen LogP) is 4.24. The number of nitrogens with zero attached hydrogens (tertiary/aromatic N) is 2. The molecule has 0 saturated carbocycles. The van der Waals surface area contributed by atoms with Crippen LogP contribution in [0.5, 0.6) is 11.5 Å². The van der Waals surface area contributed by atoms with E-state index in [2.05, 4.69) is 5.32 Å². The fourth-order valence-electron chi connectivity index (χ4n) is 7.16. The SMILES string of the molecule is CC(C)(CCNC(=O)c1cc(F)cc(F)c1)CN(C[C@@H](O)[C@H](Cc1ccccc1)N(C(=O)O)[C@H]1CO[C@H]2OCC[C@H]21)S(=O)(=O)c1ccc2c(c1)OCO2. The second kappa shape index (κ2) is 15.9. The van der Waals surface area contributed by atoms with Crippen molar-refractivity contribution < 1.29 is 55.9 Å². The lowest BCUT2D eigenvalue weighted by Gasteiger charge is -2.40. The van der Waals surface area contributed by atoms with Gasteiger partial charge in [0.25, 0.3) is 5.91 Å². The van der Waals surface area contributed by atoms with Gasteiger partial charge in [0, 0.05) is 43.2 Å². The van der Waals surface area contributed by atoms with Gasteiger partial charge in [0.2, 0.25) is 16.8 Å². The van der Waals surface area contributed by atoms with E-state index < -0.39 is 70.1 Å². The lowest BCUT2D eigenvalue weighted by Crippen LogP contribution is -2.58. The molecule has 0 radical (unpaired) electrons. The van der Waals surface area contributed by atoms with Crippen molar-refractivity contribution in [2.75, 3.05) is 39.6 Å². The highest BCUT2D eigenvalue weighted by molar-refractivity contribution is 7.89. The summed E-state index contributed by atoms with van der Waals surface area (Å²) in [5.41, 5.74) is -0.315. The van der Waals surface area contributed by atoms with Crippen LogP contribution in [0.2, 0.25) is 0 Å². The number of carbonyl (C=O) groups is 2. The standard InChI is InChI=1S/C37H43F2N3O10S/c1-37(2,11-12-40-34(44)24-15-25(38)17-26(39)16-24)21-41(53(47,48)27-8-9-32-33(18-27)52-22-51-32)19-31(43)29(14-23-6-4-3-5-7-23)42(36(45)46)30-20-50-35-28(30)10-13-49-35/h3-9,15-18,28-31,35,43H,10-14,19-22H2,1-2H3,(H,40,44)(H,45,46)/t28-,29-,30-,31+,35+/m0/s1. The summed E-state index contributed by atoms with van der Waals surface area (Å²) in [5.74, 6) is -2.16. The number of nitrogens with one attached hydrogen (secondary N) is 1. The number of carbonyl (C=O) groups excluding carboxylic acids is 1. The second-order valence-electron chi connectivity index (χ2n) is 14.2. The monoisotopic (exact) mass is 759 g/mol. The Morgan fingerprint density at radius 2 is 1.72 bits per heavy atom. The quantitative estimate of drug-likeness (QED) is 0.204. The van der Waals surface area contributed by atoms with Gasteiger partial charge in [-0.2, -0.15) is 4.31 Å². The Balaban J connectivity index is 1.28. The highest BCUT2D eigenvalue weighted by Crippen LogP contribution is 2.38. The molecule has 2 amide bonds. The van der Waals surface area contributed by atoms with Crippen LogP contribution in [0.15, 0.2) is 71.6 Å². The number of amides is 2. The highest BCUT2D eigenvalue weighted by Gasteiger charge is 2.49. The van der Waals surface area contributed by atoms with Crippen LogP contribution >= 0.6 is 0 Å². The van der Waals surface area contributed by atoms with Gasteiger partial charge < -0.3 is 34.5 Å². The maximum absolute atomic E-state index is 14.5. The Hall–Kier alpha value is -4.35. The molecule has 6 rings (SSSR count). The van der Waals surface area contributed by atoms with Gasteiger partial charge in [-0.25, -0.2) is 22.0 Å². The van der Waals surface area contributed by atoms with Crippen molar-refractivity contribution >= 4 is 22.0 Å². The zero-order chi connectivity index (χ0) is 37.9. The Morgan fingerprint density at radius 1 is 1.00 bits per heavy atom. The van der Waals surface area contributed by atoms with Gasteiger partial charge in [-0.05, 0) is 54.5 Å². The third-order valence-electron chi connectivity index (χ3n) is 9.86. The number of fused-ring (bicyclic) bond motifs is 2. The van der Waals surface area contributed by atoms with Gasteiger partial charge in [0.15, 0.2) is 17.8 Å². The van der Waals surface area contributed by atoms with Crippen LogP contribution in [0.3, 0.4) is 0 Å². The second-order valence-corrected chi connectivity index (χ2v) is 16.2. The summed E-state index contributed by atoms with van der Waals surface area (Å²) in [7, 11) is -4.37. The first-order chi connectivity index (χ1) is 25.2. The van der Waals surface area contributed by atoms with E-state index in [0.717, 1.165) is 22.0 Å². The zero-order valence-corrected chi connectivity index (χ0v) is 30.1. The summed E-state index contributed by atoms with van der Waals surface area (Å²) >= 11 is 0. The van der Waals surface area contributed by atoms with Crippen molar-refractivity contribution in [1.82, 2.24) is 14.5 Å². The minimum absolute atomic E-state index is 0.0279. The lowest BCUT2D eigenvalue weighted by molar-refractivity contribution is -0.0906. The summed E-state index contributed by atoms with van der Waals surface area (Å²) in [6.45, 7) is 3.30. The average molecular weight is 760 g/mol. The first-order valence-corrected chi connectivity index (χ1v) is 18.8. The number of hydrogen-bond acceptors (Lipinski definition) is 9. The van der Waals surface area contributed by atoms with E-state index in [9.17, 15) is 37.0 Å². The van der Waals surface area contributed by atoms with Gasteiger partial charge in [0.1, 0.15) is 11.6 Å². The van der Waals surface area contributed by atoms with E-state index >= 15 is 0 Å². The van der Waals surface area contributed by atoms with E-state index in [1.54, 1.807) is 26.0 Å². The molecule has 2 saturated heterocycles. The van der Waals surface area contributed by atoms with Gasteiger partial charge in [-0.3, -0.25) is 9.69 Å². The fourth-order valence-corrected chi connectivity index (χ4v) is 8.82. The highest BCUT2D eigenvalue weighted by atomic mass is 32.2. The van der Waals surface area contributed by atoms with E-state index in [4.69, 9.17) is 18.9 Å². The first-order valence-electron chi connectivity index (χ1n) is 17.3. The van der Waals surface area contributed by atoms with Crippen LogP contribution in [0.1, 0.15) is 42.6 Å². The molecule has 2 fully saturated rings. The molecule has 3 aliphatic rings.